The van der Waals surface area contributed by atoms with E-state index < -0.39 is 0 Å². The van der Waals surface area contributed by atoms with E-state index in [0.717, 1.165) is 23.4 Å². The molecule has 0 bridgehead atoms. The maximum Gasteiger partial charge on any atom is 0.0437 e. The van der Waals surface area contributed by atoms with Gasteiger partial charge in [0.05, 0.1) is 0 Å². The Morgan fingerprint density at radius 1 is 0.722 bits per heavy atom. The predicted molar refractivity (Wildman–Crippen MR) is 79.5 cm³/mol. The molecule has 0 spiro atoms. The third kappa shape index (κ3) is 3.14. The fourth-order valence-electron chi connectivity index (χ4n) is 2.04. The third-order valence-corrected chi connectivity index (χ3v) is 3.92. The molecule has 0 saturated heterocycles. The molecule has 2 aromatic rings. The van der Waals surface area contributed by atoms with Crippen LogP contribution in [0.4, 0.5) is 0 Å². The Morgan fingerprint density at radius 3 is 1.83 bits per heavy atom. The lowest BCUT2D eigenvalue weighted by Gasteiger charge is -2.07. The molecule has 0 atom stereocenters. The lowest BCUT2D eigenvalue weighted by Crippen LogP contribution is -1.93. The van der Waals surface area contributed by atoms with Crippen molar-refractivity contribution in [2.24, 2.45) is 0 Å². The van der Waals surface area contributed by atoms with E-state index in [1.807, 2.05) is 6.92 Å². The van der Waals surface area contributed by atoms with Crippen LogP contribution in [0.1, 0.15) is 27.8 Å². The standard InChI is InChI=1S/C17H19Cl/c1-12-4-6-15(10-14(12)3)8-9-16-7-5-13(2)17(18)11-16/h4-7,10-11H,8-9H2,1-3H3. The Morgan fingerprint density at radius 2 is 1.28 bits per heavy atom. The molecule has 0 aliphatic carbocycles. The first kappa shape index (κ1) is 13.2. The molecule has 0 radical (unpaired) electrons. The Kier molecular flexibility index (Phi) is 4.08. The minimum absolute atomic E-state index is 0.868. The molecule has 0 fully saturated rings. The average Bonchev–Trinajstić information content (AvgIpc) is 2.35. The van der Waals surface area contributed by atoms with Gasteiger partial charge < -0.3 is 0 Å². The van der Waals surface area contributed by atoms with Crippen molar-refractivity contribution in [3.05, 3.63) is 69.2 Å². The third-order valence-electron chi connectivity index (χ3n) is 3.51. The maximum atomic E-state index is 6.14. The van der Waals surface area contributed by atoms with Gasteiger partial charge in [-0.05, 0) is 67.5 Å². The highest BCUT2D eigenvalue weighted by Crippen LogP contribution is 2.18. The SMILES string of the molecule is Cc1ccc(CCc2ccc(C)c(Cl)c2)cc1C. The molecule has 0 unspecified atom stereocenters. The lowest BCUT2D eigenvalue weighted by atomic mass is 10.00. The number of benzene rings is 2. The molecule has 94 valence electrons. The normalized spacial score (nSPS) is 10.7. The van der Waals surface area contributed by atoms with Crippen molar-refractivity contribution in [3.8, 4) is 0 Å². The van der Waals surface area contributed by atoms with Crippen LogP contribution in [0.2, 0.25) is 5.02 Å². The molecule has 1 heteroatoms. The first-order valence-electron chi connectivity index (χ1n) is 6.37. The van der Waals surface area contributed by atoms with Crippen LogP contribution in [0.5, 0.6) is 0 Å². The van der Waals surface area contributed by atoms with Crippen LogP contribution in [0.25, 0.3) is 0 Å². The molecule has 0 heterocycles. The van der Waals surface area contributed by atoms with Gasteiger partial charge in [-0.3, -0.25) is 0 Å². The Hall–Kier alpha value is -1.27. The maximum absolute atomic E-state index is 6.14. The van der Waals surface area contributed by atoms with Gasteiger partial charge in [0.15, 0.2) is 0 Å². The van der Waals surface area contributed by atoms with Gasteiger partial charge >= 0.3 is 0 Å². The van der Waals surface area contributed by atoms with Crippen LogP contribution < -0.4 is 0 Å². The van der Waals surface area contributed by atoms with Crippen molar-refractivity contribution in [3.63, 3.8) is 0 Å². The van der Waals surface area contributed by atoms with E-state index in [9.17, 15) is 0 Å². The second-order valence-corrected chi connectivity index (χ2v) is 5.41. The van der Waals surface area contributed by atoms with Gasteiger partial charge in [0.2, 0.25) is 0 Å². The molecule has 2 rings (SSSR count). The topological polar surface area (TPSA) is 0 Å². The van der Waals surface area contributed by atoms with E-state index in [0.29, 0.717) is 0 Å². The number of halogens is 1. The molecule has 0 nitrogen and oxygen atoms in total. The summed E-state index contributed by atoms with van der Waals surface area (Å²) in [7, 11) is 0. The summed E-state index contributed by atoms with van der Waals surface area (Å²) in [5.74, 6) is 0. The van der Waals surface area contributed by atoms with Gasteiger partial charge in [0.25, 0.3) is 0 Å². The van der Waals surface area contributed by atoms with Gasteiger partial charge in [-0.25, -0.2) is 0 Å². The van der Waals surface area contributed by atoms with E-state index in [1.54, 1.807) is 0 Å². The number of rotatable bonds is 3. The summed E-state index contributed by atoms with van der Waals surface area (Å²) in [6, 6.07) is 13.0. The minimum Gasteiger partial charge on any atom is -0.0840 e. The zero-order valence-electron chi connectivity index (χ0n) is 11.3. The Balaban J connectivity index is 2.06. The van der Waals surface area contributed by atoms with E-state index in [2.05, 4.69) is 50.2 Å². The Bertz CT molecular complexity index is 504. The smallest absolute Gasteiger partial charge is 0.0437 e. The van der Waals surface area contributed by atoms with Crippen LogP contribution in [0.3, 0.4) is 0 Å². The van der Waals surface area contributed by atoms with Crippen LogP contribution in [-0.2, 0) is 12.8 Å². The van der Waals surface area contributed by atoms with Crippen LogP contribution in [-0.4, -0.2) is 0 Å². The largest absolute Gasteiger partial charge is 0.0840 e. The molecular weight excluding hydrogens is 240 g/mol. The monoisotopic (exact) mass is 258 g/mol. The molecule has 0 N–H and O–H groups in total. The summed E-state index contributed by atoms with van der Waals surface area (Å²) in [6.07, 6.45) is 2.11. The summed E-state index contributed by atoms with van der Waals surface area (Å²) < 4.78 is 0. The van der Waals surface area contributed by atoms with Crippen molar-refractivity contribution >= 4 is 11.6 Å². The van der Waals surface area contributed by atoms with Gasteiger partial charge in [-0.2, -0.15) is 0 Å². The van der Waals surface area contributed by atoms with Gasteiger partial charge in [-0.15, -0.1) is 0 Å². The second kappa shape index (κ2) is 5.58. The highest BCUT2D eigenvalue weighted by atomic mass is 35.5. The van der Waals surface area contributed by atoms with Crippen molar-refractivity contribution in [2.75, 3.05) is 0 Å². The van der Waals surface area contributed by atoms with Crippen LogP contribution >= 0.6 is 11.6 Å². The van der Waals surface area contributed by atoms with Crippen LogP contribution in [0.15, 0.2) is 36.4 Å². The fourth-order valence-corrected chi connectivity index (χ4v) is 2.24. The van der Waals surface area contributed by atoms with Gasteiger partial charge in [-0.1, -0.05) is 41.9 Å². The summed E-state index contributed by atoms with van der Waals surface area (Å²) in [5, 5.41) is 0.868. The predicted octanol–water partition coefficient (Wildman–Crippen LogP) is 5.05. The van der Waals surface area contributed by atoms with Crippen LogP contribution in [0, 0.1) is 20.8 Å². The van der Waals surface area contributed by atoms with Gasteiger partial charge in [0.1, 0.15) is 0 Å². The molecule has 2 aromatic carbocycles. The molecule has 0 saturated carbocycles. The first-order valence-corrected chi connectivity index (χ1v) is 6.75. The lowest BCUT2D eigenvalue weighted by molar-refractivity contribution is 0.955. The second-order valence-electron chi connectivity index (χ2n) is 5.00. The van der Waals surface area contributed by atoms with E-state index >= 15 is 0 Å². The zero-order chi connectivity index (χ0) is 13.1. The fraction of sp³-hybridized carbons (Fsp3) is 0.294. The summed E-state index contributed by atoms with van der Waals surface area (Å²) in [5.41, 5.74) is 6.58. The molecule has 0 aliphatic rings. The zero-order valence-corrected chi connectivity index (χ0v) is 12.0. The molecular formula is C17H19Cl. The van der Waals surface area contributed by atoms with Crippen molar-refractivity contribution in [1.82, 2.24) is 0 Å². The van der Waals surface area contributed by atoms with Gasteiger partial charge in [0, 0.05) is 5.02 Å². The molecule has 0 amide bonds. The Labute approximate surface area is 115 Å². The molecule has 0 aliphatic heterocycles. The molecule has 18 heavy (non-hydrogen) atoms. The first-order chi connectivity index (χ1) is 8.56. The minimum atomic E-state index is 0.868. The van der Waals surface area contributed by atoms with E-state index in [4.69, 9.17) is 11.6 Å². The van der Waals surface area contributed by atoms with Crippen molar-refractivity contribution in [2.45, 2.75) is 33.6 Å². The summed E-state index contributed by atoms with van der Waals surface area (Å²) in [4.78, 5) is 0. The molecule has 0 aromatic heterocycles. The quantitative estimate of drug-likeness (QED) is 0.723. The highest BCUT2D eigenvalue weighted by Gasteiger charge is 2.00. The number of aryl methyl sites for hydroxylation is 5. The van der Waals surface area contributed by atoms with E-state index in [1.165, 1.54) is 22.3 Å². The summed E-state index contributed by atoms with van der Waals surface area (Å²) in [6.45, 7) is 6.36. The highest BCUT2D eigenvalue weighted by molar-refractivity contribution is 6.31. The number of hydrogen-bond acceptors (Lipinski definition) is 0. The summed E-state index contributed by atoms with van der Waals surface area (Å²) >= 11 is 6.14. The number of hydrogen-bond donors (Lipinski definition) is 0. The van der Waals surface area contributed by atoms with Crippen molar-refractivity contribution < 1.29 is 0 Å². The van der Waals surface area contributed by atoms with Crippen molar-refractivity contribution in [1.29, 1.82) is 0 Å². The average molecular weight is 259 g/mol. The van der Waals surface area contributed by atoms with E-state index in [-0.39, 0.29) is 0 Å².